The maximum Gasteiger partial charge on any atom is 0.215 e. The van der Waals surface area contributed by atoms with Gasteiger partial charge < -0.3 is 24.6 Å². The Hall–Kier alpha value is -3.32. The van der Waals surface area contributed by atoms with Crippen molar-refractivity contribution in [3.8, 4) is 11.5 Å². The van der Waals surface area contributed by atoms with Crippen LogP contribution in [0.15, 0.2) is 59.7 Å². The summed E-state index contributed by atoms with van der Waals surface area (Å²) in [4.78, 5) is 15.1. The van der Waals surface area contributed by atoms with Crippen LogP contribution in [0.25, 0.3) is 0 Å². The number of hydrogen-bond acceptors (Lipinski definition) is 6. The van der Waals surface area contributed by atoms with E-state index in [1.165, 1.54) is 18.9 Å². The zero-order chi connectivity index (χ0) is 22.7. The van der Waals surface area contributed by atoms with Crippen LogP contribution in [-0.4, -0.2) is 36.7 Å². The van der Waals surface area contributed by atoms with E-state index in [-0.39, 0.29) is 6.61 Å². The highest BCUT2D eigenvalue weighted by molar-refractivity contribution is 5.90. The third-order valence-electron chi connectivity index (χ3n) is 4.18. The highest BCUT2D eigenvalue weighted by Gasteiger charge is 2.15. The SMILES string of the molecule is CCc1ccc(COC(/C=C\NC=O)=Nc2ccc(OCC(C)(C)O)c(OC)c2)cc1. The van der Waals surface area contributed by atoms with Crippen molar-refractivity contribution in [2.75, 3.05) is 13.7 Å². The molecule has 0 bridgehead atoms. The van der Waals surface area contributed by atoms with Crippen LogP contribution < -0.4 is 14.8 Å². The molecule has 0 heterocycles. The molecular formula is C24H30N2O5. The van der Waals surface area contributed by atoms with Gasteiger partial charge in [-0.1, -0.05) is 31.2 Å². The number of benzene rings is 2. The number of nitrogens with one attached hydrogen (secondary N) is 1. The lowest BCUT2D eigenvalue weighted by Crippen LogP contribution is -2.27. The quantitative estimate of drug-likeness (QED) is 0.323. The van der Waals surface area contributed by atoms with Crippen molar-refractivity contribution >= 4 is 18.0 Å². The molecule has 31 heavy (non-hydrogen) atoms. The zero-order valence-corrected chi connectivity index (χ0v) is 18.4. The summed E-state index contributed by atoms with van der Waals surface area (Å²) in [5.41, 5.74) is 1.88. The van der Waals surface area contributed by atoms with Crippen LogP contribution in [0, 0.1) is 0 Å². The van der Waals surface area contributed by atoms with Gasteiger partial charge in [0.15, 0.2) is 11.5 Å². The van der Waals surface area contributed by atoms with Crippen molar-refractivity contribution in [3.05, 3.63) is 65.9 Å². The maximum absolute atomic E-state index is 10.5. The van der Waals surface area contributed by atoms with Crippen molar-refractivity contribution in [3.63, 3.8) is 0 Å². The van der Waals surface area contributed by atoms with Gasteiger partial charge in [-0.3, -0.25) is 4.79 Å². The molecule has 0 fully saturated rings. The minimum atomic E-state index is -0.964. The number of nitrogens with zero attached hydrogens (tertiary/aromatic N) is 1. The number of carbonyl (C=O) groups excluding carboxylic acids is 1. The molecule has 0 aliphatic rings. The average Bonchev–Trinajstić information content (AvgIpc) is 2.76. The Bertz CT molecular complexity index is 899. The fourth-order valence-corrected chi connectivity index (χ4v) is 2.53. The second-order valence-electron chi connectivity index (χ2n) is 7.46. The van der Waals surface area contributed by atoms with Crippen LogP contribution in [0.5, 0.6) is 11.5 Å². The Morgan fingerprint density at radius 3 is 2.45 bits per heavy atom. The Morgan fingerprint density at radius 1 is 1.13 bits per heavy atom. The standard InChI is InChI=1S/C24H30N2O5/c1-5-18-6-8-19(9-7-18)15-30-23(12-13-25-17-27)26-20-10-11-21(22(14-20)29-4)31-16-24(2,3)28/h6-14,17,28H,5,15-16H2,1-4H3,(H,25,27)/b13-12-,26-23?. The maximum atomic E-state index is 10.5. The molecule has 1 amide bonds. The van der Waals surface area contributed by atoms with Gasteiger partial charge in [0.2, 0.25) is 12.3 Å². The van der Waals surface area contributed by atoms with Crippen LogP contribution >= 0.6 is 0 Å². The van der Waals surface area contributed by atoms with E-state index in [9.17, 15) is 9.90 Å². The molecule has 0 aromatic heterocycles. The molecule has 7 heteroatoms. The average molecular weight is 427 g/mol. The molecule has 166 valence electrons. The third-order valence-corrected chi connectivity index (χ3v) is 4.18. The Labute approximate surface area is 183 Å². The molecule has 0 aliphatic carbocycles. The van der Waals surface area contributed by atoms with E-state index in [1.807, 2.05) is 12.1 Å². The van der Waals surface area contributed by atoms with Gasteiger partial charge in [0, 0.05) is 18.3 Å². The summed E-state index contributed by atoms with van der Waals surface area (Å²) in [6.07, 6.45) is 4.56. The number of aryl methyl sites for hydroxylation is 1. The Balaban J connectivity index is 2.19. The van der Waals surface area contributed by atoms with Crippen molar-refractivity contribution < 1.29 is 24.1 Å². The van der Waals surface area contributed by atoms with Gasteiger partial charge >= 0.3 is 0 Å². The molecular weight excluding hydrogens is 396 g/mol. The van der Waals surface area contributed by atoms with Crippen molar-refractivity contribution in [2.45, 2.75) is 39.4 Å². The fourth-order valence-electron chi connectivity index (χ4n) is 2.53. The number of aliphatic hydroxyl groups is 1. The van der Waals surface area contributed by atoms with Crippen LogP contribution in [-0.2, 0) is 22.6 Å². The third kappa shape index (κ3) is 8.52. The molecule has 0 saturated carbocycles. The molecule has 2 aromatic carbocycles. The summed E-state index contributed by atoms with van der Waals surface area (Å²) < 4.78 is 16.9. The second kappa shape index (κ2) is 11.8. The Morgan fingerprint density at radius 2 is 1.84 bits per heavy atom. The number of methoxy groups -OCH3 is 1. The summed E-state index contributed by atoms with van der Waals surface area (Å²) in [6.45, 7) is 5.89. The van der Waals surface area contributed by atoms with Crippen molar-refractivity contribution in [1.82, 2.24) is 5.32 Å². The van der Waals surface area contributed by atoms with E-state index in [0.29, 0.717) is 36.1 Å². The molecule has 0 spiro atoms. The van der Waals surface area contributed by atoms with Gasteiger partial charge in [-0.15, -0.1) is 0 Å². The lowest BCUT2D eigenvalue weighted by molar-refractivity contribution is -0.108. The molecule has 2 rings (SSSR count). The molecule has 2 N–H and O–H groups in total. The fraction of sp³-hybridized carbons (Fsp3) is 0.333. The van der Waals surface area contributed by atoms with Crippen LogP contribution in [0.2, 0.25) is 0 Å². The van der Waals surface area contributed by atoms with Gasteiger partial charge in [-0.2, -0.15) is 0 Å². The van der Waals surface area contributed by atoms with E-state index in [2.05, 4.69) is 29.4 Å². The first-order valence-electron chi connectivity index (χ1n) is 10.0. The monoisotopic (exact) mass is 426 g/mol. The highest BCUT2D eigenvalue weighted by atomic mass is 16.5. The van der Waals surface area contributed by atoms with E-state index in [4.69, 9.17) is 14.2 Å². The molecule has 0 radical (unpaired) electrons. The number of aliphatic imine (C=N–C) groups is 1. The molecule has 0 unspecified atom stereocenters. The second-order valence-corrected chi connectivity index (χ2v) is 7.46. The van der Waals surface area contributed by atoms with Crippen molar-refractivity contribution in [2.24, 2.45) is 4.99 Å². The van der Waals surface area contributed by atoms with Crippen LogP contribution in [0.4, 0.5) is 5.69 Å². The topological polar surface area (TPSA) is 89.4 Å². The van der Waals surface area contributed by atoms with Gasteiger partial charge in [0.1, 0.15) is 13.2 Å². The molecule has 0 atom stereocenters. The molecule has 0 saturated heterocycles. The summed E-state index contributed by atoms with van der Waals surface area (Å²) in [7, 11) is 1.53. The van der Waals surface area contributed by atoms with E-state index in [0.717, 1.165) is 12.0 Å². The van der Waals surface area contributed by atoms with Gasteiger partial charge in [-0.25, -0.2) is 4.99 Å². The summed E-state index contributed by atoms with van der Waals surface area (Å²) >= 11 is 0. The van der Waals surface area contributed by atoms with E-state index < -0.39 is 5.60 Å². The van der Waals surface area contributed by atoms with Gasteiger partial charge in [-0.05, 0) is 43.5 Å². The summed E-state index contributed by atoms with van der Waals surface area (Å²) in [5, 5.41) is 12.3. The highest BCUT2D eigenvalue weighted by Crippen LogP contribution is 2.32. The minimum absolute atomic E-state index is 0.122. The van der Waals surface area contributed by atoms with Gasteiger partial charge in [0.25, 0.3) is 0 Å². The first kappa shape index (κ1) is 24.0. The Kier molecular flexibility index (Phi) is 9.09. The van der Waals surface area contributed by atoms with Crippen molar-refractivity contribution in [1.29, 1.82) is 0 Å². The number of hydrogen-bond donors (Lipinski definition) is 2. The first-order chi connectivity index (χ1) is 14.8. The number of amides is 1. The lowest BCUT2D eigenvalue weighted by atomic mass is 10.1. The van der Waals surface area contributed by atoms with Crippen LogP contribution in [0.3, 0.4) is 0 Å². The minimum Gasteiger partial charge on any atom is -0.493 e. The predicted molar refractivity (Wildman–Crippen MR) is 121 cm³/mol. The van der Waals surface area contributed by atoms with Crippen LogP contribution in [0.1, 0.15) is 31.9 Å². The number of carbonyl (C=O) groups is 1. The summed E-state index contributed by atoms with van der Waals surface area (Å²) in [6, 6.07) is 13.3. The number of ether oxygens (including phenoxy) is 3. The van der Waals surface area contributed by atoms with E-state index >= 15 is 0 Å². The number of rotatable bonds is 11. The first-order valence-corrected chi connectivity index (χ1v) is 10.0. The smallest absolute Gasteiger partial charge is 0.215 e. The summed E-state index contributed by atoms with van der Waals surface area (Å²) in [5.74, 6) is 1.30. The molecule has 0 aliphatic heterocycles. The molecule has 2 aromatic rings. The largest absolute Gasteiger partial charge is 0.493 e. The lowest BCUT2D eigenvalue weighted by Gasteiger charge is -2.19. The van der Waals surface area contributed by atoms with E-state index in [1.54, 1.807) is 38.1 Å². The van der Waals surface area contributed by atoms with Gasteiger partial charge in [0.05, 0.1) is 18.4 Å². The zero-order valence-electron chi connectivity index (χ0n) is 18.4. The normalized spacial score (nSPS) is 12.0. The molecule has 7 nitrogen and oxygen atoms in total. The predicted octanol–water partition coefficient (Wildman–Crippen LogP) is 3.91.